The van der Waals surface area contributed by atoms with Crippen molar-refractivity contribution in [3.05, 3.63) is 118 Å². The van der Waals surface area contributed by atoms with E-state index in [1.165, 1.54) is 23.0 Å². The number of carbonyl (C=O) groups excluding carboxylic acids is 1. The van der Waals surface area contributed by atoms with Gasteiger partial charge in [0.2, 0.25) is 0 Å². The molecule has 3 aromatic carbocycles. The van der Waals surface area contributed by atoms with Gasteiger partial charge in [-0.05, 0) is 68.0 Å². The first-order valence-electron chi connectivity index (χ1n) is 13.3. The second-order valence-electron chi connectivity index (χ2n) is 9.50. The zero-order valence-corrected chi connectivity index (χ0v) is 26.2. The van der Waals surface area contributed by atoms with Gasteiger partial charge in [0.1, 0.15) is 29.9 Å². The standard InChI is InChI=1S/C32H28Cl2N2O6S/c1-5-41-31(38)28-18(2)35-32-36(29(28)24-16-23(39-3)12-13-26(24)40-4)30(37)27(43-32)14-19-6-10-22(11-7-19)42-17-20-8-9-21(33)15-25(20)34/h6-16,29H,5,17H2,1-4H3/b27-14+/t29-/m0/s1. The predicted octanol–water partition coefficient (Wildman–Crippen LogP) is 5.70. The Morgan fingerprint density at radius 2 is 1.77 bits per heavy atom. The number of halogens is 2. The molecule has 0 aliphatic carbocycles. The molecule has 1 aliphatic rings. The Bertz CT molecular complexity index is 1900. The number of carbonyl (C=O) groups is 1. The number of thiazole rings is 1. The molecule has 11 heteroatoms. The van der Waals surface area contributed by atoms with Crippen molar-refractivity contribution in [3.63, 3.8) is 0 Å². The number of benzene rings is 3. The lowest BCUT2D eigenvalue weighted by atomic mass is 9.94. The van der Waals surface area contributed by atoms with Crippen molar-refractivity contribution in [2.24, 2.45) is 4.99 Å². The van der Waals surface area contributed by atoms with Crippen LogP contribution in [0.15, 0.2) is 81.7 Å². The highest BCUT2D eigenvalue weighted by Gasteiger charge is 2.35. The summed E-state index contributed by atoms with van der Waals surface area (Å²) < 4.78 is 24.3. The van der Waals surface area contributed by atoms with E-state index < -0.39 is 12.0 Å². The second-order valence-corrected chi connectivity index (χ2v) is 11.4. The summed E-state index contributed by atoms with van der Waals surface area (Å²) in [6, 6.07) is 17.0. The van der Waals surface area contributed by atoms with Gasteiger partial charge in [0.05, 0.1) is 36.6 Å². The minimum atomic E-state index is -0.835. The zero-order chi connectivity index (χ0) is 30.7. The fraction of sp³-hybridized carbons (Fsp3) is 0.219. The molecule has 8 nitrogen and oxygen atoms in total. The number of hydrogen-bond acceptors (Lipinski definition) is 8. The molecule has 1 atom stereocenters. The summed E-state index contributed by atoms with van der Waals surface area (Å²) >= 11 is 13.5. The molecule has 0 fully saturated rings. The van der Waals surface area contributed by atoms with Gasteiger partial charge in [0.15, 0.2) is 4.80 Å². The van der Waals surface area contributed by atoms with Gasteiger partial charge in [0, 0.05) is 21.2 Å². The highest BCUT2D eigenvalue weighted by atomic mass is 35.5. The van der Waals surface area contributed by atoms with Crippen LogP contribution in [-0.4, -0.2) is 31.4 Å². The molecule has 1 aromatic heterocycles. The monoisotopic (exact) mass is 638 g/mol. The molecule has 5 rings (SSSR count). The first-order chi connectivity index (χ1) is 20.7. The minimum absolute atomic E-state index is 0.175. The van der Waals surface area contributed by atoms with Crippen molar-refractivity contribution in [3.8, 4) is 17.2 Å². The summed E-state index contributed by atoms with van der Waals surface area (Å²) in [5.41, 5.74) is 2.60. The van der Waals surface area contributed by atoms with E-state index in [0.29, 0.717) is 47.9 Å². The smallest absolute Gasteiger partial charge is 0.338 e. The van der Waals surface area contributed by atoms with E-state index in [4.69, 9.17) is 42.1 Å². The molecular formula is C32H28Cl2N2O6S. The fourth-order valence-corrected chi connectivity index (χ4v) is 6.26. The van der Waals surface area contributed by atoms with Gasteiger partial charge in [-0.2, -0.15) is 0 Å². The Kier molecular flexibility index (Phi) is 9.25. The summed E-state index contributed by atoms with van der Waals surface area (Å²) in [7, 11) is 3.08. The molecule has 0 saturated heterocycles. The molecular weight excluding hydrogens is 611 g/mol. The molecule has 0 unspecified atom stereocenters. The van der Waals surface area contributed by atoms with E-state index in [-0.39, 0.29) is 24.3 Å². The minimum Gasteiger partial charge on any atom is -0.497 e. The van der Waals surface area contributed by atoms with Crippen molar-refractivity contribution in [2.45, 2.75) is 26.5 Å². The Morgan fingerprint density at radius 3 is 2.44 bits per heavy atom. The quantitative estimate of drug-likeness (QED) is 0.219. The number of fused-ring (bicyclic) bond motifs is 1. The maximum absolute atomic E-state index is 14.0. The average Bonchev–Trinajstić information content (AvgIpc) is 3.30. The number of aromatic nitrogens is 1. The average molecular weight is 640 g/mol. The number of ether oxygens (including phenoxy) is 4. The fourth-order valence-electron chi connectivity index (χ4n) is 4.75. The van der Waals surface area contributed by atoms with Crippen LogP contribution in [0.5, 0.6) is 17.2 Å². The summed E-state index contributed by atoms with van der Waals surface area (Å²) in [5.74, 6) is 1.14. The number of rotatable bonds is 9. The van der Waals surface area contributed by atoms with Crippen LogP contribution in [0.3, 0.4) is 0 Å². The molecule has 0 bridgehead atoms. The Hall–Kier alpha value is -4.05. The van der Waals surface area contributed by atoms with E-state index >= 15 is 0 Å². The third kappa shape index (κ3) is 6.34. The molecule has 43 heavy (non-hydrogen) atoms. The lowest BCUT2D eigenvalue weighted by Crippen LogP contribution is -2.40. The highest BCUT2D eigenvalue weighted by Crippen LogP contribution is 2.37. The third-order valence-corrected chi connectivity index (χ3v) is 8.41. The molecule has 0 radical (unpaired) electrons. The topological polar surface area (TPSA) is 88.4 Å². The lowest BCUT2D eigenvalue weighted by Gasteiger charge is -2.26. The van der Waals surface area contributed by atoms with Gasteiger partial charge in [-0.15, -0.1) is 0 Å². The van der Waals surface area contributed by atoms with Gasteiger partial charge in [-0.25, -0.2) is 9.79 Å². The molecule has 222 valence electrons. The highest BCUT2D eigenvalue weighted by molar-refractivity contribution is 7.07. The number of allylic oxidation sites excluding steroid dienone is 1. The summed E-state index contributed by atoms with van der Waals surface area (Å²) in [5, 5.41) is 1.09. The van der Waals surface area contributed by atoms with Crippen LogP contribution in [-0.2, 0) is 16.1 Å². The second kappa shape index (κ2) is 13.1. The Morgan fingerprint density at radius 1 is 1.02 bits per heavy atom. The SMILES string of the molecule is CCOC(=O)C1=C(C)N=c2s/c(=C/c3ccc(OCc4ccc(Cl)cc4Cl)cc3)c(=O)n2[C@H]1c1cc(OC)ccc1OC. The summed E-state index contributed by atoms with van der Waals surface area (Å²) in [4.78, 5) is 32.3. The van der Waals surface area contributed by atoms with Crippen LogP contribution in [0.4, 0.5) is 0 Å². The van der Waals surface area contributed by atoms with Gasteiger partial charge in [0.25, 0.3) is 5.56 Å². The van der Waals surface area contributed by atoms with Crippen LogP contribution in [0, 0.1) is 0 Å². The summed E-state index contributed by atoms with van der Waals surface area (Å²) in [6.45, 7) is 3.92. The molecule has 2 heterocycles. The van der Waals surface area contributed by atoms with Crippen LogP contribution < -0.4 is 29.1 Å². The number of methoxy groups -OCH3 is 2. The summed E-state index contributed by atoms with van der Waals surface area (Å²) in [6.07, 6.45) is 1.78. The van der Waals surface area contributed by atoms with Crippen LogP contribution in [0.25, 0.3) is 6.08 Å². The number of hydrogen-bond donors (Lipinski definition) is 0. The van der Waals surface area contributed by atoms with Crippen molar-refractivity contribution in [1.82, 2.24) is 4.57 Å². The van der Waals surface area contributed by atoms with Crippen molar-refractivity contribution in [2.75, 3.05) is 20.8 Å². The van der Waals surface area contributed by atoms with E-state index in [1.54, 1.807) is 57.4 Å². The van der Waals surface area contributed by atoms with E-state index in [1.807, 2.05) is 30.3 Å². The van der Waals surface area contributed by atoms with Crippen molar-refractivity contribution in [1.29, 1.82) is 0 Å². The van der Waals surface area contributed by atoms with E-state index in [0.717, 1.165) is 11.1 Å². The molecule has 0 N–H and O–H groups in total. The van der Waals surface area contributed by atoms with Crippen molar-refractivity contribution >= 4 is 46.6 Å². The van der Waals surface area contributed by atoms with Gasteiger partial charge >= 0.3 is 5.97 Å². The molecule has 0 saturated carbocycles. The van der Waals surface area contributed by atoms with Gasteiger partial charge < -0.3 is 18.9 Å². The predicted molar refractivity (Wildman–Crippen MR) is 167 cm³/mol. The molecule has 4 aromatic rings. The first kappa shape index (κ1) is 30.4. The van der Waals surface area contributed by atoms with Crippen LogP contribution in [0.2, 0.25) is 10.0 Å². The van der Waals surface area contributed by atoms with E-state index in [2.05, 4.69) is 4.99 Å². The van der Waals surface area contributed by atoms with E-state index in [9.17, 15) is 9.59 Å². The Labute approximate surface area is 262 Å². The third-order valence-electron chi connectivity index (χ3n) is 6.84. The zero-order valence-electron chi connectivity index (χ0n) is 23.9. The Balaban J connectivity index is 1.53. The van der Waals surface area contributed by atoms with Crippen LogP contribution in [0.1, 0.15) is 36.6 Å². The number of esters is 1. The van der Waals surface area contributed by atoms with Crippen LogP contribution >= 0.6 is 34.5 Å². The maximum Gasteiger partial charge on any atom is 0.338 e. The largest absolute Gasteiger partial charge is 0.497 e. The first-order valence-corrected chi connectivity index (χ1v) is 14.9. The van der Waals surface area contributed by atoms with Gasteiger partial charge in [-0.3, -0.25) is 9.36 Å². The van der Waals surface area contributed by atoms with Gasteiger partial charge in [-0.1, -0.05) is 52.7 Å². The molecule has 0 amide bonds. The normalized spacial score (nSPS) is 14.7. The van der Waals surface area contributed by atoms with Crippen molar-refractivity contribution < 1.29 is 23.7 Å². The maximum atomic E-state index is 14.0. The molecule has 1 aliphatic heterocycles. The number of nitrogens with zero attached hydrogens (tertiary/aromatic N) is 2. The molecule has 0 spiro atoms. The lowest BCUT2D eigenvalue weighted by molar-refractivity contribution is -0.139.